The molecule has 152 valence electrons. The SMILES string of the molecule is COc1ccc(OC)c(-n2c(O)c(/C=C3/C(C)=Nc4ccccc43)c(=O)[nH]c2=O)c1. The summed E-state index contributed by atoms with van der Waals surface area (Å²) in [5.74, 6) is 0.263. The Labute approximate surface area is 171 Å². The van der Waals surface area contributed by atoms with Gasteiger partial charge in [0.05, 0.1) is 25.6 Å². The van der Waals surface area contributed by atoms with E-state index in [4.69, 9.17) is 9.47 Å². The summed E-state index contributed by atoms with van der Waals surface area (Å²) >= 11 is 0. The fourth-order valence-electron chi connectivity index (χ4n) is 3.42. The Morgan fingerprint density at radius 3 is 2.60 bits per heavy atom. The van der Waals surface area contributed by atoms with E-state index in [1.807, 2.05) is 31.2 Å². The highest BCUT2D eigenvalue weighted by Gasteiger charge is 2.22. The van der Waals surface area contributed by atoms with Crippen molar-refractivity contribution in [2.24, 2.45) is 4.99 Å². The summed E-state index contributed by atoms with van der Waals surface area (Å²) in [4.78, 5) is 31.9. The number of hydrogen-bond donors (Lipinski definition) is 2. The van der Waals surface area contributed by atoms with E-state index in [9.17, 15) is 14.7 Å². The van der Waals surface area contributed by atoms with Gasteiger partial charge in [0.25, 0.3) is 5.56 Å². The van der Waals surface area contributed by atoms with Crippen LogP contribution in [0.1, 0.15) is 18.1 Å². The maximum absolute atomic E-state index is 12.6. The molecular weight excluding hydrogens is 386 g/mol. The zero-order valence-corrected chi connectivity index (χ0v) is 16.6. The van der Waals surface area contributed by atoms with Crippen LogP contribution in [0.15, 0.2) is 57.0 Å². The standard InChI is InChI=1S/C22H19N3O5/c1-12-15(14-6-4-5-7-17(14)23-12)11-16-20(26)24-22(28)25(21(16)27)18-10-13(29-2)8-9-19(18)30-3/h4-11,27H,1-3H3,(H,24,26,28)/b15-11-. The molecule has 1 aromatic heterocycles. The van der Waals surface area contributed by atoms with Crippen molar-refractivity contribution in [1.29, 1.82) is 0 Å². The number of allylic oxidation sites excluding steroid dienone is 1. The zero-order valence-electron chi connectivity index (χ0n) is 16.6. The van der Waals surface area contributed by atoms with E-state index in [0.717, 1.165) is 15.8 Å². The van der Waals surface area contributed by atoms with Crippen molar-refractivity contribution in [3.05, 3.63) is 74.4 Å². The summed E-state index contributed by atoms with van der Waals surface area (Å²) in [6, 6.07) is 12.3. The molecule has 0 unspecified atom stereocenters. The highest BCUT2D eigenvalue weighted by atomic mass is 16.5. The van der Waals surface area contributed by atoms with E-state index in [2.05, 4.69) is 9.98 Å². The van der Waals surface area contributed by atoms with Crippen LogP contribution in [0.3, 0.4) is 0 Å². The molecule has 1 aliphatic heterocycles. The van der Waals surface area contributed by atoms with Crippen molar-refractivity contribution in [2.45, 2.75) is 6.92 Å². The first-order valence-electron chi connectivity index (χ1n) is 9.12. The number of para-hydroxylation sites is 1. The van der Waals surface area contributed by atoms with Gasteiger partial charge in [-0.05, 0) is 31.2 Å². The lowest BCUT2D eigenvalue weighted by Gasteiger charge is -2.14. The van der Waals surface area contributed by atoms with Crippen molar-refractivity contribution in [3.8, 4) is 23.1 Å². The van der Waals surface area contributed by atoms with Crippen LogP contribution in [0.5, 0.6) is 17.4 Å². The van der Waals surface area contributed by atoms with Crippen molar-refractivity contribution < 1.29 is 14.6 Å². The molecule has 0 spiro atoms. The third kappa shape index (κ3) is 3.08. The molecule has 0 fully saturated rings. The molecule has 0 atom stereocenters. The number of ether oxygens (including phenoxy) is 2. The molecule has 2 aromatic carbocycles. The van der Waals surface area contributed by atoms with E-state index in [1.54, 1.807) is 12.1 Å². The number of aliphatic imine (C=N–C) groups is 1. The number of aromatic nitrogens is 2. The van der Waals surface area contributed by atoms with E-state index in [-0.39, 0.29) is 11.3 Å². The van der Waals surface area contributed by atoms with E-state index in [1.165, 1.54) is 26.4 Å². The average molecular weight is 405 g/mol. The predicted molar refractivity (Wildman–Crippen MR) is 115 cm³/mol. The molecule has 30 heavy (non-hydrogen) atoms. The van der Waals surface area contributed by atoms with Crippen molar-refractivity contribution in [3.63, 3.8) is 0 Å². The van der Waals surface area contributed by atoms with Gasteiger partial charge in [-0.1, -0.05) is 18.2 Å². The Balaban J connectivity index is 1.97. The number of aromatic hydroxyl groups is 1. The lowest BCUT2D eigenvalue weighted by Crippen LogP contribution is -2.30. The minimum absolute atomic E-state index is 0.0688. The van der Waals surface area contributed by atoms with Gasteiger partial charge in [-0.2, -0.15) is 0 Å². The number of H-pyrrole nitrogens is 1. The summed E-state index contributed by atoms with van der Waals surface area (Å²) in [6.45, 7) is 1.82. The summed E-state index contributed by atoms with van der Waals surface area (Å²) in [5, 5.41) is 10.9. The molecule has 2 heterocycles. The highest BCUT2D eigenvalue weighted by molar-refractivity contribution is 6.31. The van der Waals surface area contributed by atoms with Gasteiger partial charge in [0, 0.05) is 22.9 Å². The average Bonchev–Trinajstić information content (AvgIpc) is 3.05. The number of benzene rings is 2. The molecule has 0 bridgehead atoms. The molecule has 8 heteroatoms. The first-order chi connectivity index (χ1) is 14.4. The molecule has 0 amide bonds. The number of nitrogens with one attached hydrogen (secondary N) is 1. The zero-order chi connectivity index (χ0) is 21.4. The molecule has 4 rings (SSSR count). The predicted octanol–water partition coefficient (Wildman–Crippen LogP) is 2.90. The third-order valence-corrected chi connectivity index (χ3v) is 4.91. The molecule has 0 radical (unpaired) electrons. The third-order valence-electron chi connectivity index (χ3n) is 4.91. The first kappa shape index (κ1) is 19.3. The molecule has 3 aromatic rings. The fraction of sp³-hybridized carbons (Fsp3) is 0.136. The summed E-state index contributed by atoms with van der Waals surface area (Å²) in [7, 11) is 2.92. The number of nitrogens with zero attached hydrogens (tertiary/aromatic N) is 2. The Morgan fingerprint density at radius 1 is 1.10 bits per heavy atom. The molecule has 1 aliphatic rings. The molecular formula is C22H19N3O5. The Morgan fingerprint density at radius 2 is 1.87 bits per heavy atom. The van der Waals surface area contributed by atoms with Crippen molar-refractivity contribution in [2.75, 3.05) is 14.2 Å². The van der Waals surface area contributed by atoms with E-state index in [0.29, 0.717) is 22.8 Å². The van der Waals surface area contributed by atoms with Crippen molar-refractivity contribution in [1.82, 2.24) is 9.55 Å². The van der Waals surface area contributed by atoms with E-state index < -0.39 is 17.1 Å². The largest absolute Gasteiger partial charge is 0.497 e. The second-order valence-corrected chi connectivity index (χ2v) is 6.64. The number of rotatable bonds is 4. The van der Waals surface area contributed by atoms with Crippen LogP contribution in [0.4, 0.5) is 5.69 Å². The van der Waals surface area contributed by atoms with Crippen LogP contribution in [0, 0.1) is 0 Å². The molecule has 0 saturated carbocycles. The number of fused-ring (bicyclic) bond motifs is 1. The second-order valence-electron chi connectivity index (χ2n) is 6.64. The number of hydrogen-bond acceptors (Lipinski definition) is 6. The topological polar surface area (TPSA) is 106 Å². The maximum Gasteiger partial charge on any atom is 0.335 e. The number of aromatic amines is 1. The van der Waals surface area contributed by atoms with Crippen LogP contribution in [0.25, 0.3) is 17.3 Å². The quantitative estimate of drug-likeness (QED) is 0.694. The van der Waals surface area contributed by atoms with Gasteiger partial charge >= 0.3 is 5.69 Å². The lowest BCUT2D eigenvalue weighted by atomic mass is 10.0. The Kier molecular flexibility index (Phi) is 4.75. The first-order valence-corrected chi connectivity index (χ1v) is 9.12. The monoisotopic (exact) mass is 405 g/mol. The van der Waals surface area contributed by atoms with Gasteiger partial charge in [-0.3, -0.25) is 14.8 Å². The van der Waals surface area contributed by atoms with Gasteiger partial charge in [0.1, 0.15) is 17.1 Å². The van der Waals surface area contributed by atoms with Crippen molar-refractivity contribution >= 4 is 23.0 Å². The van der Waals surface area contributed by atoms with Crippen LogP contribution in [-0.4, -0.2) is 34.6 Å². The van der Waals surface area contributed by atoms with Gasteiger partial charge in [0.2, 0.25) is 5.88 Å². The molecule has 2 N–H and O–H groups in total. The Bertz CT molecular complexity index is 1330. The summed E-state index contributed by atoms with van der Waals surface area (Å²) in [6.07, 6.45) is 1.53. The smallest absolute Gasteiger partial charge is 0.335 e. The van der Waals surface area contributed by atoms with Crippen LogP contribution in [-0.2, 0) is 0 Å². The van der Waals surface area contributed by atoms with Crippen LogP contribution in [0.2, 0.25) is 0 Å². The Hall–Kier alpha value is -4.07. The molecule has 0 aliphatic carbocycles. The van der Waals surface area contributed by atoms with Gasteiger partial charge in [0.15, 0.2) is 0 Å². The maximum atomic E-state index is 12.6. The number of methoxy groups -OCH3 is 2. The van der Waals surface area contributed by atoms with Crippen LogP contribution < -0.4 is 20.7 Å². The van der Waals surface area contributed by atoms with Crippen LogP contribution >= 0.6 is 0 Å². The molecule has 0 saturated heterocycles. The minimum Gasteiger partial charge on any atom is -0.497 e. The lowest BCUT2D eigenvalue weighted by molar-refractivity contribution is 0.393. The summed E-state index contributed by atoms with van der Waals surface area (Å²) < 4.78 is 11.5. The normalized spacial score (nSPS) is 13.8. The van der Waals surface area contributed by atoms with Gasteiger partial charge in [-0.25, -0.2) is 9.36 Å². The molecule has 8 nitrogen and oxygen atoms in total. The summed E-state index contributed by atoms with van der Waals surface area (Å²) in [5.41, 5.74) is 1.66. The second kappa shape index (κ2) is 7.40. The fourth-order valence-corrected chi connectivity index (χ4v) is 3.42. The van der Waals surface area contributed by atoms with Gasteiger partial charge < -0.3 is 14.6 Å². The minimum atomic E-state index is -0.802. The van der Waals surface area contributed by atoms with Gasteiger partial charge in [-0.15, -0.1) is 0 Å². The van der Waals surface area contributed by atoms with E-state index >= 15 is 0 Å². The highest BCUT2D eigenvalue weighted by Crippen LogP contribution is 2.36.